The number of carboxylic acid groups (broad SMARTS) is 1. The van der Waals surface area contributed by atoms with Crippen LogP contribution in [0, 0.1) is 11.8 Å². The standard InChI is InChI=1S/C15H20N2O6S/c1-7-10-9(15(3,4)22)13(19)17(10)11(14(20)21)12(7)24(23)6-5-16-8(2)18/h5-7,9-10,22H,1-4H3,(H,16,18)(H,20,21)/b6-5+/t7-,9+,10-,24?/m1/s1. The van der Waals surface area contributed by atoms with Gasteiger partial charge in [-0.1, -0.05) is 6.92 Å². The highest BCUT2D eigenvalue weighted by Gasteiger charge is 2.63. The number of aliphatic carboxylic acids is 1. The van der Waals surface area contributed by atoms with E-state index in [1.807, 2.05) is 0 Å². The van der Waals surface area contributed by atoms with Gasteiger partial charge in [0.1, 0.15) is 5.70 Å². The molecule has 2 aliphatic rings. The second-order valence-corrected chi connectivity index (χ2v) is 7.74. The molecule has 0 aromatic rings. The number of nitrogens with zero attached hydrogens (tertiary/aromatic N) is 1. The fraction of sp³-hybridized carbons (Fsp3) is 0.533. The van der Waals surface area contributed by atoms with Crippen molar-refractivity contribution in [2.24, 2.45) is 11.8 Å². The van der Waals surface area contributed by atoms with Gasteiger partial charge in [-0.05, 0) is 13.8 Å². The zero-order chi connectivity index (χ0) is 18.4. The molecule has 0 radical (unpaired) electrons. The molecule has 2 heterocycles. The van der Waals surface area contributed by atoms with Crippen molar-refractivity contribution in [3.05, 3.63) is 22.2 Å². The van der Waals surface area contributed by atoms with Gasteiger partial charge < -0.3 is 20.4 Å². The first-order chi connectivity index (χ1) is 11.0. The number of carbonyl (C=O) groups excluding carboxylic acids is 2. The van der Waals surface area contributed by atoms with E-state index in [2.05, 4.69) is 5.32 Å². The Bertz CT molecular complexity index is 691. The Morgan fingerprint density at radius 2 is 1.96 bits per heavy atom. The van der Waals surface area contributed by atoms with Crippen LogP contribution in [0.15, 0.2) is 22.2 Å². The van der Waals surface area contributed by atoms with E-state index in [4.69, 9.17) is 0 Å². The lowest BCUT2D eigenvalue weighted by Gasteiger charge is -2.49. The Morgan fingerprint density at radius 1 is 1.38 bits per heavy atom. The van der Waals surface area contributed by atoms with Gasteiger partial charge in [0.25, 0.3) is 0 Å². The van der Waals surface area contributed by atoms with Crippen LogP contribution in [0.5, 0.6) is 0 Å². The predicted octanol–water partition coefficient (Wildman–Crippen LogP) is -0.114. The minimum absolute atomic E-state index is 0.106. The lowest BCUT2D eigenvalue weighted by atomic mass is 9.73. The molecule has 0 aromatic heterocycles. The minimum Gasteiger partial charge on any atom is -0.477 e. The van der Waals surface area contributed by atoms with Crippen molar-refractivity contribution in [1.82, 2.24) is 10.2 Å². The number of β-lactam (4-membered cyclic amide) rings is 1. The average molecular weight is 356 g/mol. The molecule has 24 heavy (non-hydrogen) atoms. The lowest BCUT2D eigenvalue weighted by Crippen LogP contribution is -2.66. The fourth-order valence-electron chi connectivity index (χ4n) is 3.26. The largest absolute Gasteiger partial charge is 0.477 e. The number of carboxylic acids is 1. The third-order valence-corrected chi connectivity index (χ3v) is 5.58. The van der Waals surface area contributed by atoms with Crippen LogP contribution in [0.4, 0.5) is 0 Å². The molecule has 0 aliphatic carbocycles. The maximum absolute atomic E-state index is 12.5. The van der Waals surface area contributed by atoms with Gasteiger partial charge in [-0.25, -0.2) is 9.00 Å². The van der Waals surface area contributed by atoms with Crippen molar-refractivity contribution in [3.63, 3.8) is 0 Å². The summed E-state index contributed by atoms with van der Waals surface area (Å²) in [5.74, 6) is -3.43. The molecule has 2 aliphatic heterocycles. The van der Waals surface area contributed by atoms with Crippen LogP contribution >= 0.6 is 0 Å². The summed E-state index contributed by atoms with van der Waals surface area (Å²) in [6.07, 6.45) is 1.18. The molecule has 1 fully saturated rings. The van der Waals surface area contributed by atoms with Crippen LogP contribution in [0.3, 0.4) is 0 Å². The summed E-state index contributed by atoms with van der Waals surface area (Å²) >= 11 is 0. The van der Waals surface area contributed by atoms with E-state index in [9.17, 15) is 28.8 Å². The first kappa shape index (κ1) is 18.3. The van der Waals surface area contributed by atoms with Crippen molar-refractivity contribution >= 4 is 28.6 Å². The SMILES string of the molecule is CC(=O)N/C=C/S(=O)C1=C(C(=O)O)N2C(=O)[C@@H](C(C)(C)O)[C@H]2[C@H]1C. The Labute approximate surface area is 141 Å². The Balaban J connectivity index is 2.38. The van der Waals surface area contributed by atoms with E-state index in [0.29, 0.717) is 0 Å². The highest BCUT2D eigenvalue weighted by molar-refractivity contribution is 7.91. The Morgan fingerprint density at radius 3 is 2.42 bits per heavy atom. The van der Waals surface area contributed by atoms with E-state index in [1.54, 1.807) is 6.92 Å². The third kappa shape index (κ3) is 2.89. The quantitative estimate of drug-likeness (QED) is 0.590. The number of carbonyl (C=O) groups is 3. The number of fused-ring (bicyclic) bond motifs is 1. The number of hydrogen-bond acceptors (Lipinski definition) is 5. The summed E-state index contributed by atoms with van der Waals surface area (Å²) in [6, 6.07) is -0.545. The number of rotatable bonds is 5. The van der Waals surface area contributed by atoms with Crippen molar-refractivity contribution in [3.8, 4) is 0 Å². The first-order valence-corrected chi connectivity index (χ1v) is 8.57. The molecule has 9 heteroatoms. The second kappa shape index (κ2) is 6.14. The van der Waals surface area contributed by atoms with E-state index in [-0.39, 0.29) is 16.5 Å². The minimum atomic E-state index is -1.82. The van der Waals surface area contributed by atoms with E-state index in [1.165, 1.54) is 32.4 Å². The molecule has 132 valence electrons. The molecule has 3 N–H and O–H groups in total. The summed E-state index contributed by atoms with van der Waals surface area (Å²) in [5, 5.41) is 23.1. The van der Waals surface area contributed by atoms with Gasteiger partial charge in [0, 0.05) is 24.4 Å². The topological polar surface area (TPSA) is 124 Å². The predicted molar refractivity (Wildman–Crippen MR) is 85.3 cm³/mol. The molecule has 1 saturated heterocycles. The molecule has 0 spiro atoms. The molecule has 2 rings (SSSR count). The van der Waals surface area contributed by atoms with Crippen molar-refractivity contribution in [2.45, 2.75) is 39.3 Å². The third-order valence-electron chi connectivity index (χ3n) is 4.20. The maximum atomic E-state index is 12.5. The van der Waals surface area contributed by atoms with Gasteiger partial charge in [0.2, 0.25) is 11.8 Å². The average Bonchev–Trinajstić information content (AvgIpc) is 2.66. The zero-order valence-corrected chi connectivity index (χ0v) is 14.6. The molecule has 4 atom stereocenters. The van der Waals surface area contributed by atoms with Crippen LogP contribution in [-0.4, -0.2) is 48.7 Å². The maximum Gasteiger partial charge on any atom is 0.353 e. The van der Waals surface area contributed by atoms with Crippen LogP contribution in [-0.2, 0) is 25.2 Å². The van der Waals surface area contributed by atoms with Gasteiger partial charge in [0.05, 0.1) is 33.3 Å². The van der Waals surface area contributed by atoms with Gasteiger partial charge in [-0.2, -0.15) is 0 Å². The monoisotopic (exact) mass is 356 g/mol. The fourth-order valence-corrected chi connectivity index (χ4v) is 4.48. The Kier molecular flexibility index (Phi) is 4.69. The van der Waals surface area contributed by atoms with Crippen LogP contribution < -0.4 is 5.32 Å². The highest BCUT2D eigenvalue weighted by Crippen LogP contribution is 2.50. The molecule has 2 amide bonds. The van der Waals surface area contributed by atoms with E-state index >= 15 is 0 Å². The number of amides is 2. The van der Waals surface area contributed by atoms with Crippen molar-refractivity contribution in [1.29, 1.82) is 0 Å². The molecule has 0 aromatic carbocycles. The van der Waals surface area contributed by atoms with E-state index in [0.717, 1.165) is 4.90 Å². The zero-order valence-electron chi connectivity index (χ0n) is 13.8. The normalized spacial score (nSPS) is 28.0. The second-order valence-electron chi connectivity index (χ2n) is 6.44. The molecule has 8 nitrogen and oxygen atoms in total. The summed E-state index contributed by atoms with van der Waals surface area (Å²) < 4.78 is 12.5. The van der Waals surface area contributed by atoms with Crippen molar-refractivity contribution in [2.75, 3.05) is 0 Å². The summed E-state index contributed by atoms with van der Waals surface area (Å²) in [5.41, 5.74) is -1.61. The van der Waals surface area contributed by atoms with Crippen LogP contribution in [0.1, 0.15) is 27.7 Å². The van der Waals surface area contributed by atoms with Crippen molar-refractivity contribution < 1.29 is 28.8 Å². The molecule has 1 unspecified atom stereocenters. The number of nitrogens with one attached hydrogen (secondary N) is 1. The van der Waals surface area contributed by atoms with Gasteiger partial charge in [-0.15, -0.1) is 0 Å². The molecule has 0 bridgehead atoms. The lowest BCUT2D eigenvalue weighted by molar-refractivity contribution is -0.171. The smallest absolute Gasteiger partial charge is 0.353 e. The molecule has 0 saturated carbocycles. The van der Waals surface area contributed by atoms with E-state index < -0.39 is 46.2 Å². The Hall–Kier alpha value is -2.00. The number of aliphatic hydroxyl groups is 1. The number of hydrogen-bond donors (Lipinski definition) is 3. The molecular formula is C15H20N2O6S. The summed E-state index contributed by atoms with van der Waals surface area (Å²) in [4.78, 5) is 36.0. The highest BCUT2D eigenvalue weighted by atomic mass is 32.2. The summed E-state index contributed by atoms with van der Waals surface area (Å²) in [6.45, 7) is 5.95. The van der Waals surface area contributed by atoms with Crippen LogP contribution in [0.2, 0.25) is 0 Å². The van der Waals surface area contributed by atoms with Gasteiger partial charge >= 0.3 is 5.97 Å². The summed E-state index contributed by atoms with van der Waals surface area (Å²) in [7, 11) is -1.82. The first-order valence-electron chi connectivity index (χ1n) is 7.35. The van der Waals surface area contributed by atoms with Gasteiger partial charge in [-0.3, -0.25) is 9.59 Å². The van der Waals surface area contributed by atoms with Crippen LogP contribution in [0.25, 0.3) is 0 Å². The molecular weight excluding hydrogens is 336 g/mol. The van der Waals surface area contributed by atoms with Gasteiger partial charge in [0.15, 0.2) is 0 Å².